The van der Waals surface area contributed by atoms with Crippen LogP contribution in [0, 0.1) is 0 Å². The summed E-state index contributed by atoms with van der Waals surface area (Å²) in [5.74, 6) is -0.820. The molecule has 170 valence electrons. The first-order valence-corrected chi connectivity index (χ1v) is 11.3. The summed E-state index contributed by atoms with van der Waals surface area (Å²) in [5.41, 5.74) is 1.27. The van der Waals surface area contributed by atoms with Crippen molar-refractivity contribution in [2.45, 2.75) is 69.0 Å². The zero-order valence-electron chi connectivity index (χ0n) is 18.3. The number of carbonyl (C=O) groups is 3. The molecule has 0 aromatic heterocycles. The molecule has 31 heavy (non-hydrogen) atoms. The van der Waals surface area contributed by atoms with E-state index in [1.54, 1.807) is 0 Å². The number of hydrogen-bond donors (Lipinski definition) is 2. The average molecular weight is 450 g/mol. The first-order chi connectivity index (χ1) is 14.8. The van der Waals surface area contributed by atoms with Gasteiger partial charge in [-0.15, -0.1) is 0 Å². The fourth-order valence-corrected chi connectivity index (χ4v) is 4.74. The van der Waals surface area contributed by atoms with E-state index in [-0.39, 0.29) is 36.2 Å². The number of carbonyl (C=O) groups excluding carboxylic acids is 3. The highest BCUT2D eigenvalue weighted by Crippen LogP contribution is 2.35. The Balaban J connectivity index is 1.44. The lowest BCUT2D eigenvalue weighted by atomic mass is 9.75. The maximum absolute atomic E-state index is 12.3. The molecule has 0 spiro atoms. The summed E-state index contributed by atoms with van der Waals surface area (Å²) < 4.78 is 4.83. The summed E-state index contributed by atoms with van der Waals surface area (Å²) in [5, 5.41) is 6.46. The highest BCUT2D eigenvalue weighted by molar-refractivity contribution is 6.30. The molecular formula is C23H32ClN3O4. The quantitative estimate of drug-likeness (QED) is 0.595. The number of esters is 1. The number of benzene rings is 1. The van der Waals surface area contributed by atoms with Gasteiger partial charge >= 0.3 is 5.97 Å². The molecule has 1 aromatic rings. The summed E-state index contributed by atoms with van der Waals surface area (Å²) in [6.07, 6.45) is 5.33. The molecule has 0 radical (unpaired) electrons. The van der Waals surface area contributed by atoms with E-state index in [4.69, 9.17) is 16.3 Å². The van der Waals surface area contributed by atoms with Gasteiger partial charge in [0.1, 0.15) is 6.04 Å². The van der Waals surface area contributed by atoms with Gasteiger partial charge < -0.3 is 20.3 Å². The summed E-state index contributed by atoms with van der Waals surface area (Å²) >= 11 is 6.16. The molecule has 0 bridgehead atoms. The summed E-state index contributed by atoms with van der Waals surface area (Å²) in [6, 6.07) is 7.55. The Labute approximate surface area is 188 Å². The van der Waals surface area contributed by atoms with E-state index < -0.39 is 12.0 Å². The van der Waals surface area contributed by atoms with Gasteiger partial charge in [-0.25, -0.2) is 4.79 Å². The molecule has 1 aromatic carbocycles. The first kappa shape index (κ1) is 23.5. The fourth-order valence-electron chi connectivity index (χ4n) is 4.53. The van der Waals surface area contributed by atoms with Gasteiger partial charge in [0, 0.05) is 35.9 Å². The average Bonchev–Trinajstić information content (AvgIpc) is 3.12. The van der Waals surface area contributed by atoms with Crippen LogP contribution in [0.2, 0.25) is 5.02 Å². The fraction of sp³-hybridized carbons (Fsp3) is 0.609. The Bertz CT molecular complexity index is 806. The van der Waals surface area contributed by atoms with Crippen molar-refractivity contribution in [2.24, 2.45) is 0 Å². The Kier molecular flexibility index (Phi) is 7.94. The van der Waals surface area contributed by atoms with Crippen molar-refractivity contribution in [1.82, 2.24) is 15.5 Å². The summed E-state index contributed by atoms with van der Waals surface area (Å²) in [7, 11) is 4.23. The minimum atomic E-state index is -0.576. The molecule has 1 atom stereocenters. The molecule has 2 N–H and O–H groups in total. The van der Waals surface area contributed by atoms with Crippen LogP contribution in [0.15, 0.2) is 24.3 Å². The van der Waals surface area contributed by atoms with E-state index in [1.165, 1.54) is 5.56 Å². The number of hydrogen-bond acceptors (Lipinski definition) is 5. The van der Waals surface area contributed by atoms with Crippen LogP contribution >= 0.6 is 11.6 Å². The molecule has 2 aliphatic rings. The van der Waals surface area contributed by atoms with Crippen LogP contribution in [-0.2, 0) is 25.5 Å². The molecule has 2 amide bonds. The standard InChI is InChI=1S/C23H32ClN3O4/c1-27(2)23(15-16-4-3-5-17(24)14-16)11-8-18(9-12-23)25-20(28)6-7-21(29)26-19-10-13-31-22(19)30/h3-5,14,18-19H,6-13,15H2,1-2H3,(H,25,28)(H,26,29). The van der Waals surface area contributed by atoms with Gasteiger partial charge in [0.2, 0.25) is 11.8 Å². The minimum Gasteiger partial charge on any atom is -0.464 e. The van der Waals surface area contributed by atoms with E-state index in [1.807, 2.05) is 18.2 Å². The van der Waals surface area contributed by atoms with Crippen LogP contribution in [0.25, 0.3) is 0 Å². The predicted octanol–water partition coefficient (Wildman–Crippen LogP) is 2.45. The SMILES string of the molecule is CN(C)C1(Cc2cccc(Cl)c2)CCC(NC(=O)CCC(=O)NC2CCOC2=O)CC1. The molecule has 1 aliphatic carbocycles. The monoisotopic (exact) mass is 449 g/mol. The number of amides is 2. The van der Waals surface area contributed by atoms with E-state index in [0.717, 1.165) is 37.1 Å². The van der Waals surface area contributed by atoms with Crippen LogP contribution in [0.1, 0.15) is 50.5 Å². The van der Waals surface area contributed by atoms with Crippen molar-refractivity contribution < 1.29 is 19.1 Å². The van der Waals surface area contributed by atoms with E-state index >= 15 is 0 Å². The van der Waals surface area contributed by atoms with Crippen molar-refractivity contribution in [3.05, 3.63) is 34.9 Å². The second-order valence-corrected chi connectivity index (χ2v) is 9.28. The maximum Gasteiger partial charge on any atom is 0.328 e. The topological polar surface area (TPSA) is 87.7 Å². The van der Waals surface area contributed by atoms with Crippen LogP contribution in [0.3, 0.4) is 0 Å². The molecule has 2 fully saturated rings. The molecule has 1 aliphatic heterocycles. The van der Waals surface area contributed by atoms with Crippen molar-refractivity contribution >= 4 is 29.4 Å². The van der Waals surface area contributed by atoms with Crippen molar-refractivity contribution in [2.75, 3.05) is 20.7 Å². The van der Waals surface area contributed by atoms with Crippen LogP contribution < -0.4 is 10.6 Å². The largest absolute Gasteiger partial charge is 0.464 e. The maximum atomic E-state index is 12.3. The van der Waals surface area contributed by atoms with Crippen LogP contribution in [-0.4, -0.2) is 61.0 Å². The van der Waals surface area contributed by atoms with Gasteiger partial charge in [0.15, 0.2) is 0 Å². The minimum absolute atomic E-state index is 0.0433. The number of halogens is 1. The van der Waals surface area contributed by atoms with Gasteiger partial charge in [-0.2, -0.15) is 0 Å². The Hall–Kier alpha value is -2.12. The highest BCUT2D eigenvalue weighted by atomic mass is 35.5. The number of likely N-dealkylation sites (N-methyl/N-ethyl adjacent to an activating group) is 1. The number of nitrogens with zero attached hydrogens (tertiary/aromatic N) is 1. The second-order valence-electron chi connectivity index (χ2n) is 8.84. The lowest BCUT2D eigenvalue weighted by Gasteiger charge is -2.45. The number of nitrogens with one attached hydrogen (secondary N) is 2. The third-order valence-corrected chi connectivity index (χ3v) is 6.74. The van der Waals surface area contributed by atoms with Gasteiger partial charge in [-0.1, -0.05) is 23.7 Å². The van der Waals surface area contributed by atoms with Gasteiger partial charge in [0.05, 0.1) is 6.61 Å². The third kappa shape index (κ3) is 6.43. The van der Waals surface area contributed by atoms with Crippen LogP contribution in [0.5, 0.6) is 0 Å². The lowest BCUT2D eigenvalue weighted by Crippen LogP contribution is -2.52. The van der Waals surface area contributed by atoms with Gasteiger partial charge in [0.25, 0.3) is 0 Å². The molecular weight excluding hydrogens is 418 g/mol. The van der Waals surface area contributed by atoms with Gasteiger partial charge in [-0.05, 0) is 63.9 Å². The van der Waals surface area contributed by atoms with Crippen molar-refractivity contribution in [1.29, 1.82) is 0 Å². The van der Waals surface area contributed by atoms with E-state index in [9.17, 15) is 14.4 Å². The molecule has 1 saturated heterocycles. The summed E-state index contributed by atoms with van der Waals surface area (Å²) in [6.45, 7) is 0.331. The first-order valence-electron chi connectivity index (χ1n) is 10.9. The van der Waals surface area contributed by atoms with E-state index in [0.29, 0.717) is 13.0 Å². The number of cyclic esters (lactones) is 1. The van der Waals surface area contributed by atoms with E-state index in [2.05, 4.69) is 35.7 Å². The molecule has 8 heteroatoms. The Morgan fingerprint density at radius 1 is 1.13 bits per heavy atom. The molecule has 1 heterocycles. The predicted molar refractivity (Wildman–Crippen MR) is 119 cm³/mol. The highest BCUT2D eigenvalue weighted by Gasteiger charge is 2.37. The molecule has 1 unspecified atom stereocenters. The van der Waals surface area contributed by atoms with Gasteiger partial charge in [-0.3, -0.25) is 9.59 Å². The third-order valence-electron chi connectivity index (χ3n) is 6.50. The Morgan fingerprint density at radius 3 is 2.39 bits per heavy atom. The smallest absolute Gasteiger partial charge is 0.328 e. The zero-order valence-corrected chi connectivity index (χ0v) is 19.0. The molecule has 7 nitrogen and oxygen atoms in total. The number of rotatable bonds is 8. The number of ether oxygens (including phenoxy) is 1. The van der Waals surface area contributed by atoms with Crippen LogP contribution in [0.4, 0.5) is 0 Å². The van der Waals surface area contributed by atoms with Crippen molar-refractivity contribution in [3.8, 4) is 0 Å². The zero-order chi connectivity index (χ0) is 22.4. The van der Waals surface area contributed by atoms with Crippen molar-refractivity contribution in [3.63, 3.8) is 0 Å². The Morgan fingerprint density at radius 2 is 1.81 bits per heavy atom. The second kappa shape index (κ2) is 10.5. The molecule has 3 rings (SSSR count). The normalized spacial score (nSPS) is 25.9. The lowest BCUT2D eigenvalue weighted by molar-refractivity contribution is -0.141. The summed E-state index contributed by atoms with van der Waals surface area (Å²) in [4.78, 5) is 38.0. The molecule has 1 saturated carbocycles.